The molecule has 3 aromatic carbocycles. The number of hydrogen-bond acceptors (Lipinski definition) is 4. The molecule has 6 nitrogen and oxygen atoms in total. The van der Waals surface area contributed by atoms with Gasteiger partial charge in [0.2, 0.25) is 5.91 Å². The molecule has 1 amide bonds. The highest BCUT2D eigenvalue weighted by atomic mass is 32.1. The third-order valence-electron chi connectivity index (χ3n) is 5.78. The fraction of sp³-hybridized carbons (Fsp3) is 0.214. The fourth-order valence-corrected chi connectivity index (χ4v) is 4.27. The molecule has 178 valence electrons. The summed E-state index contributed by atoms with van der Waals surface area (Å²) in [5.41, 5.74) is 2.91. The quantitative estimate of drug-likeness (QED) is 0.355. The molecule has 0 radical (unpaired) electrons. The highest BCUT2D eigenvalue weighted by Gasteiger charge is 2.28. The molecule has 0 aliphatic heterocycles. The van der Waals surface area contributed by atoms with Gasteiger partial charge in [-0.05, 0) is 55.2 Å². The number of amides is 1. The third-order valence-corrected chi connectivity index (χ3v) is 5.98. The second-order valence-electron chi connectivity index (χ2n) is 8.90. The molecule has 7 heteroatoms. The van der Waals surface area contributed by atoms with Gasteiger partial charge in [0.05, 0.1) is 10.9 Å². The molecule has 1 aromatic heterocycles. The topological polar surface area (TPSA) is 76.0 Å². The number of nitrogens with zero attached hydrogens (tertiary/aromatic N) is 2. The van der Waals surface area contributed by atoms with E-state index in [1.165, 1.54) is 4.57 Å². The lowest BCUT2D eigenvalue weighted by atomic mass is 10.0. The Bertz CT molecular complexity index is 1430. The SMILES string of the molecule is Cc1ccccc1NC(=S)NC(=O)[C@H](CC(C)C)n1c(-c2ccccc2)nc2ccccc2c1=O. The summed E-state index contributed by atoms with van der Waals surface area (Å²) in [5.74, 6) is 0.236. The van der Waals surface area contributed by atoms with Crippen LogP contribution in [0.25, 0.3) is 22.3 Å². The van der Waals surface area contributed by atoms with Gasteiger partial charge in [0.15, 0.2) is 5.11 Å². The first-order valence-corrected chi connectivity index (χ1v) is 12.0. The van der Waals surface area contributed by atoms with Crippen LogP contribution in [0.5, 0.6) is 0 Å². The van der Waals surface area contributed by atoms with E-state index in [9.17, 15) is 9.59 Å². The van der Waals surface area contributed by atoms with Crippen molar-refractivity contribution in [2.24, 2.45) is 5.92 Å². The number of thiocarbonyl (C=S) groups is 1. The molecule has 35 heavy (non-hydrogen) atoms. The Morgan fingerprint density at radius 1 is 0.971 bits per heavy atom. The summed E-state index contributed by atoms with van der Waals surface area (Å²) < 4.78 is 1.52. The molecule has 4 aromatic rings. The molecule has 1 atom stereocenters. The van der Waals surface area contributed by atoms with Crippen LogP contribution in [0.1, 0.15) is 31.9 Å². The van der Waals surface area contributed by atoms with Crippen LogP contribution in [-0.4, -0.2) is 20.6 Å². The normalized spacial score (nSPS) is 11.9. The third kappa shape index (κ3) is 5.46. The van der Waals surface area contributed by atoms with Gasteiger partial charge >= 0.3 is 0 Å². The Morgan fingerprint density at radius 2 is 1.63 bits per heavy atom. The zero-order chi connectivity index (χ0) is 24.9. The van der Waals surface area contributed by atoms with Crippen molar-refractivity contribution < 1.29 is 4.79 Å². The molecule has 4 rings (SSSR count). The highest BCUT2D eigenvalue weighted by Crippen LogP contribution is 2.26. The number of anilines is 1. The summed E-state index contributed by atoms with van der Waals surface area (Å²) in [4.78, 5) is 32.2. The first kappa shape index (κ1) is 24.3. The van der Waals surface area contributed by atoms with E-state index in [2.05, 4.69) is 10.6 Å². The maximum Gasteiger partial charge on any atom is 0.262 e. The molecule has 2 N–H and O–H groups in total. The van der Waals surface area contributed by atoms with Crippen LogP contribution >= 0.6 is 12.2 Å². The average Bonchev–Trinajstić information content (AvgIpc) is 2.84. The van der Waals surface area contributed by atoms with Crippen LogP contribution in [-0.2, 0) is 4.79 Å². The zero-order valence-electron chi connectivity index (χ0n) is 20.0. The van der Waals surface area contributed by atoms with Crippen molar-refractivity contribution in [3.63, 3.8) is 0 Å². The zero-order valence-corrected chi connectivity index (χ0v) is 20.8. The first-order chi connectivity index (χ1) is 16.8. The van der Waals surface area contributed by atoms with Crippen molar-refractivity contribution >= 4 is 39.8 Å². The van der Waals surface area contributed by atoms with Crippen LogP contribution in [0.2, 0.25) is 0 Å². The predicted octanol–water partition coefficient (Wildman–Crippen LogP) is 5.47. The molecule has 0 spiro atoms. The Labute approximate surface area is 210 Å². The number of nitrogens with one attached hydrogen (secondary N) is 2. The van der Waals surface area contributed by atoms with Crippen molar-refractivity contribution in [3.05, 3.63) is 94.8 Å². The molecule has 0 fully saturated rings. The van der Waals surface area contributed by atoms with Gasteiger partial charge in [-0.15, -0.1) is 0 Å². The van der Waals surface area contributed by atoms with Gasteiger partial charge in [-0.1, -0.05) is 74.5 Å². The van der Waals surface area contributed by atoms with Gasteiger partial charge in [-0.3, -0.25) is 14.2 Å². The van der Waals surface area contributed by atoms with Crippen molar-refractivity contribution in [1.82, 2.24) is 14.9 Å². The van der Waals surface area contributed by atoms with Crippen molar-refractivity contribution in [1.29, 1.82) is 0 Å². The van der Waals surface area contributed by atoms with E-state index in [1.54, 1.807) is 12.1 Å². The monoisotopic (exact) mass is 484 g/mol. The standard InChI is InChI=1S/C28H28N4O2S/c1-18(2)17-24(26(33)31-28(35)30-22-15-9-7-11-19(22)3)32-25(20-12-5-4-6-13-20)29-23-16-10-8-14-21(23)27(32)34/h4-16,18,24H,17H2,1-3H3,(H2,30,31,33,35)/t24-/m0/s1. The molecule has 0 saturated carbocycles. The molecule has 0 bridgehead atoms. The molecule has 0 aliphatic carbocycles. The fourth-order valence-electron chi connectivity index (χ4n) is 4.06. The molecule has 0 unspecified atom stereocenters. The lowest BCUT2D eigenvalue weighted by Gasteiger charge is -2.24. The molecular weight excluding hydrogens is 456 g/mol. The Hall–Kier alpha value is -3.84. The lowest BCUT2D eigenvalue weighted by molar-refractivity contribution is -0.123. The van der Waals surface area contributed by atoms with E-state index in [0.29, 0.717) is 23.1 Å². The van der Waals surface area contributed by atoms with Crippen LogP contribution in [0.3, 0.4) is 0 Å². The summed E-state index contributed by atoms with van der Waals surface area (Å²) in [6, 6.07) is 23.6. The van der Waals surface area contributed by atoms with Crippen LogP contribution in [0.15, 0.2) is 83.7 Å². The lowest BCUT2D eigenvalue weighted by Crippen LogP contribution is -2.43. The number of benzene rings is 3. The minimum atomic E-state index is -0.800. The van der Waals surface area contributed by atoms with Crippen molar-refractivity contribution in [2.45, 2.75) is 33.2 Å². The van der Waals surface area contributed by atoms with E-state index >= 15 is 0 Å². The Balaban J connectivity index is 1.78. The van der Waals surface area contributed by atoms with Crippen LogP contribution < -0.4 is 16.2 Å². The number of para-hydroxylation sites is 2. The Morgan fingerprint density at radius 3 is 2.34 bits per heavy atom. The maximum atomic E-state index is 13.8. The number of hydrogen-bond donors (Lipinski definition) is 2. The molecular formula is C28H28N4O2S. The van der Waals surface area contributed by atoms with E-state index in [-0.39, 0.29) is 22.5 Å². The largest absolute Gasteiger partial charge is 0.332 e. The summed E-state index contributed by atoms with van der Waals surface area (Å²) in [6.45, 7) is 6.00. The van der Waals surface area contributed by atoms with Crippen molar-refractivity contribution in [3.8, 4) is 11.4 Å². The second-order valence-corrected chi connectivity index (χ2v) is 9.31. The number of carbonyl (C=O) groups excluding carboxylic acids is 1. The molecule has 1 heterocycles. The minimum absolute atomic E-state index is 0.144. The minimum Gasteiger partial charge on any atom is -0.332 e. The van der Waals surface area contributed by atoms with Gasteiger partial charge < -0.3 is 10.6 Å². The number of aromatic nitrogens is 2. The Kier molecular flexibility index (Phi) is 7.36. The summed E-state index contributed by atoms with van der Waals surface area (Å²) in [6.07, 6.45) is 0.443. The summed E-state index contributed by atoms with van der Waals surface area (Å²) in [7, 11) is 0. The second kappa shape index (κ2) is 10.6. The maximum absolute atomic E-state index is 13.8. The summed E-state index contributed by atoms with van der Waals surface area (Å²) >= 11 is 5.44. The highest BCUT2D eigenvalue weighted by molar-refractivity contribution is 7.80. The number of aryl methyl sites for hydroxylation is 1. The van der Waals surface area contributed by atoms with E-state index in [1.807, 2.05) is 87.5 Å². The van der Waals surface area contributed by atoms with Gasteiger partial charge in [0.25, 0.3) is 5.56 Å². The number of carbonyl (C=O) groups is 1. The van der Waals surface area contributed by atoms with E-state index < -0.39 is 6.04 Å². The first-order valence-electron chi connectivity index (χ1n) is 11.6. The molecule has 0 saturated heterocycles. The van der Waals surface area contributed by atoms with Crippen LogP contribution in [0.4, 0.5) is 5.69 Å². The van der Waals surface area contributed by atoms with Gasteiger partial charge in [0.1, 0.15) is 11.9 Å². The molecule has 0 aliphatic rings. The van der Waals surface area contributed by atoms with Gasteiger partial charge in [-0.25, -0.2) is 4.98 Å². The van der Waals surface area contributed by atoms with Crippen molar-refractivity contribution in [2.75, 3.05) is 5.32 Å². The van der Waals surface area contributed by atoms with Crippen LogP contribution in [0, 0.1) is 12.8 Å². The smallest absolute Gasteiger partial charge is 0.262 e. The average molecular weight is 485 g/mol. The number of rotatable bonds is 6. The number of fused-ring (bicyclic) bond motifs is 1. The van der Waals surface area contributed by atoms with E-state index in [4.69, 9.17) is 17.2 Å². The van der Waals surface area contributed by atoms with Gasteiger partial charge in [-0.2, -0.15) is 0 Å². The summed E-state index contributed by atoms with van der Waals surface area (Å²) in [5, 5.41) is 6.54. The van der Waals surface area contributed by atoms with E-state index in [0.717, 1.165) is 16.8 Å². The predicted molar refractivity (Wildman–Crippen MR) is 145 cm³/mol. The van der Waals surface area contributed by atoms with Gasteiger partial charge in [0, 0.05) is 11.3 Å².